The molecule has 0 aromatic heterocycles. The van der Waals surface area contributed by atoms with Crippen LogP contribution in [0.1, 0.15) is 59.8 Å². The van der Waals surface area contributed by atoms with E-state index in [4.69, 9.17) is 0 Å². The zero-order valence-electron chi connectivity index (χ0n) is 13.6. The molecule has 0 aliphatic heterocycles. The van der Waals surface area contributed by atoms with Crippen molar-refractivity contribution < 1.29 is 15.0 Å². The zero-order chi connectivity index (χ0) is 15.4. The molecule has 8 unspecified atom stereocenters. The first-order valence-electron chi connectivity index (χ1n) is 8.61. The van der Waals surface area contributed by atoms with Crippen molar-refractivity contribution >= 4 is 5.78 Å². The molecule has 0 spiro atoms. The molecule has 0 amide bonds. The molecular formula is C18H28O3. The molecule has 4 aliphatic rings. The maximum atomic E-state index is 13.0. The summed E-state index contributed by atoms with van der Waals surface area (Å²) in [5.41, 5.74) is -2.15. The Hall–Kier alpha value is -0.410. The second-order valence-electron chi connectivity index (χ2n) is 8.96. The molecule has 4 bridgehead atoms. The number of Topliss-reactive ketones (excluding diaryl/α,β-unsaturated/α-hetero) is 1. The van der Waals surface area contributed by atoms with E-state index in [2.05, 4.69) is 13.8 Å². The highest BCUT2D eigenvalue weighted by molar-refractivity contribution is 5.92. The van der Waals surface area contributed by atoms with Crippen LogP contribution in [0.2, 0.25) is 0 Å². The van der Waals surface area contributed by atoms with Gasteiger partial charge in [0, 0.05) is 16.7 Å². The van der Waals surface area contributed by atoms with Crippen LogP contribution in [0, 0.1) is 34.0 Å². The summed E-state index contributed by atoms with van der Waals surface area (Å²) in [5, 5.41) is 22.9. The Morgan fingerprint density at radius 2 is 1.76 bits per heavy atom. The molecule has 8 atom stereocenters. The van der Waals surface area contributed by atoms with E-state index in [0.29, 0.717) is 12.3 Å². The lowest BCUT2D eigenvalue weighted by Crippen LogP contribution is -2.66. The Labute approximate surface area is 127 Å². The first-order chi connectivity index (χ1) is 9.66. The molecule has 4 aliphatic carbocycles. The van der Waals surface area contributed by atoms with Crippen LogP contribution in [0.15, 0.2) is 0 Å². The van der Waals surface area contributed by atoms with E-state index in [1.807, 2.05) is 13.8 Å². The molecular weight excluding hydrogens is 264 g/mol. The summed E-state index contributed by atoms with van der Waals surface area (Å²) < 4.78 is 0. The van der Waals surface area contributed by atoms with Crippen molar-refractivity contribution in [2.45, 2.75) is 71.5 Å². The minimum atomic E-state index is -0.907. The van der Waals surface area contributed by atoms with Crippen LogP contribution in [-0.4, -0.2) is 27.7 Å². The molecule has 4 saturated carbocycles. The van der Waals surface area contributed by atoms with Crippen molar-refractivity contribution in [3.05, 3.63) is 0 Å². The van der Waals surface area contributed by atoms with Gasteiger partial charge in [0.2, 0.25) is 0 Å². The van der Waals surface area contributed by atoms with Crippen LogP contribution in [-0.2, 0) is 4.79 Å². The number of hydrogen-bond acceptors (Lipinski definition) is 3. The third-order valence-electron chi connectivity index (χ3n) is 8.91. The maximum Gasteiger partial charge on any atom is 0.145 e. The third-order valence-corrected chi connectivity index (χ3v) is 8.91. The normalized spacial score (nSPS) is 65.5. The van der Waals surface area contributed by atoms with Crippen LogP contribution in [0.5, 0.6) is 0 Å². The molecule has 21 heavy (non-hydrogen) atoms. The molecule has 0 saturated heterocycles. The van der Waals surface area contributed by atoms with E-state index in [1.165, 1.54) is 0 Å². The standard InChI is InChI=1S/C18H28O3/c1-10-5-7-17-8-6-12-16(10,4)13(19)9-15(3,18(12,17)21)14(20)11(17)2/h10-13,19,21H,5-9H2,1-4H3. The second-order valence-corrected chi connectivity index (χ2v) is 8.96. The molecule has 0 aromatic carbocycles. The van der Waals surface area contributed by atoms with Crippen LogP contribution >= 0.6 is 0 Å². The van der Waals surface area contributed by atoms with Crippen molar-refractivity contribution in [1.82, 2.24) is 0 Å². The smallest absolute Gasteiger partial charge is 0.145 e. The number of hydrogen-bond donors (Lipinski definition) is 2. The van der Waals surface area contributed by atoms with Gasteiger partial charge in [0.15, 0.2) is 0 Å². The highest BCUT2D eigenvalue weighted by Crippen LogP contribution is 2.78. The van der Waals surface area contributed by atoms with Gasteiger partial charge >= 0.3 is 0 Å². The summed E-state index contributed by atoms with van der Waals surface area (Å²) in [4.78, 5) is 13.0. The summed E-state index contributed by atoms with van der Waals surface area (Å²) in [6.07, 6.45) is 3.82. The van der Waals surface area contributed by atoms with Gasteiger partial charge in [-0.3, -0.25) is 4.79 Å². The van der Waals surface area contributed by atoms with Gasteiger partial charge < -0.3 is 10.2 Å². The van der Waals surface area contributed by atoms with E-state index in [1.54, 1.807) is 0 Å². The summed E-state index contributed by atoms with van der Waals surface area (Å²) in [6, 6.07) is 0. The Kier molecular flexibility index (Phi) is 2.41. The third kappa shape index (κ3) is 1.09. The molecule has 4 rings (SSSR count). The first-order valence-corrected chi connectivity index (χ1v) is 8.61. The van der Waals surface area contributed by atoms with Crippen LogP contribution in [0.25, 0.3) is 0 Å². The lowest BCUT2D eigenvalue weighted by Gasteiger charge is -2.59. The van der Waals surface area contributed by atoms with Crippen molar-refractivity contribution in [1.29, 1.82) is 0 Å². The van der Waals surface area contributed by atoms with Crippen LogP contribution in [0.3, 0.4) is 0 Å². The lowest BCUT2D eigenvalue weighted by atomic mass is 9.48. The van der Waals surface area contributed by atoms with E-state index >= 15 is 0 Å². The quantitative estimate of drug-likeness (QED) is 0.721. The fourth-order valence-electron chi connectivity index (χ4n) is 7.39. The average molecular weight is 292 g/mol. The van der Waals surface area contributed by atoms with E-state index in [-0.39, 0.29) is 28.4 Å². The molecule has 3 heteroatoms. The molecule has 0 heterocycles. The molecule has 3 nitrogen and oxygen atoms in total. The van der Waals surface area contributed by atoms with Crippen LogP contribution < -0.4 is 0 Å². The van der Waals surface area contributed by atoms with Crippen molar-refractivity contribution in [3.8, 4) is 0 Å². The number of carbonyl (C=O) groups excluding carboxylic acids is 1. The predicted octanol–water partition coefficient (Wildman–Crippen LogP) is 2.54. The first kappa shape index (κ1) is 14.2. The molecule has 118 valence electrons. The minimum absolute atomic E-state index is 0.0603. The summed E-state index contributed by atoms with van der Waals surface area (Å²) in [7, 11) is 0. The molecule has 2 N–H and O–H groups in total. The molecule has 0 radical (unpaired) electrons. The summed E-state index contributed by atoms with van der Waals surface area (Å²) in [6.45, 7) is 8.37. The van der Waals surface area contributed by atoms with Crippen molar-refractivity contribution in [2.75, 3.05) is 0 Å². The second kappa shape index (κ2) is 3.56. The summed E-state index contributed by atoms with van der Waals surface area (Å²) in [5.74, 6) is 0.587. The van der Waals surface area contributed by atoms with Crippen molar-refractivity contribution in [2.24, 2.45) is 34.0 Å². The molecule has 0 aromatic rings. The van der Waals surface area contributed by atoms with Gasteiger partial charge in [0.05, 0.1) is 17.1 Å². The van der Waals surface area contributed by atoms with E-state index in [9.17, 15) is 15.0 Å². The van der Waals surface area contributed by atoms with Gasteiger partial charge in [-0.2, -0.15) is 0 Å². The Bertz CT molecular complexity index is 531. The van der Waals surface area contributed by atoms with Crippen molar-refractivity contribution in [3.63, 3.8) is 0 Å². The van der Waals surface area contributed by atoms with Gasteiger partial charge in [-0.25, -0.2) is 0 Å². The average Bonchev–Trinajstić information content (AvgIpc) is 2.78. The Balaban J connectivity index is 2.04. The highest BCUT2D eigenvalue weighted by atomic mass is 16.3. The number of rotatable bonds is 0. The van der Waals surface area contributed by atoms with E-state index < -0.39 is 17.1 Å². The van der Waals surface area contributed by atoms with Gasteiger partial charge in [-0.05, 0) is 50.9 Å². The lowest BCUT2D eigenvalue weighted by molar-refractivity contribution is -0.229. The fraction of sp³-hybridized carbons (Fsp3) is 0.944. The highest BCUT2D eigenvalue weighted by Gasteiger charge is 2.83. The summed E-state index contributed by atoms with van der Waals surface area (Å²) >= 11 is 0. The Morgan fingerprint density at radius 1 is 1.14 bits per heavy atom. The van der Waals surface area contributed by atoms with Gasteiger partial charge in [0.1, 0.15) is 5.78 Å². The number of aliphatic hydroxyl groups excluding tert-OH is 1. The maximum absolute atomic E-state index is 13.0. The SMILES string of the molecule is CC1CCC23CCC4C1(C)C(O)CC(C)(C(=O)C2C)C43O. The van der Waals surface area contributed by atoms with Gasteiger partial charge in [-0.15, -0.1) is 0 Å². The van der Waals surface area contributed by atoms with Gasteiger partial charge in [0.25, 0.3) is 0 Å². The fourth-order valence-corrected chi connectivity index (χ4v) is 7.39. The Morgan fingerprint density at radius 3 is 2.43 bits per heavy atom. The monoisotopic (exact) mass is 292 g/mol. The molecule has 4 fully saturated rings. The van der Waals surface area contributed by atoms with Gasteiger partial charge in [-0.1, -0.05) is 20.8 Å². The minimum Gasteiger partial charge on any atom is -0.393 e. The largest absolute Gasteiger partial charge is 0.393 e. The number of aliphatic hydroxyl groups is 2. The zero-order valence-corrected chi connectivity index (χ0v) is 13.6. The number of ketones is 1. The predicted molar refractivity (Wildman–Crippen MR) is 79.5 cm³/mol. The topological polar surface area (TPSA) is 57.5 Å². The van der Waals surface area contributed by atoms with E-state index in [0.717, 1.165) is 25.7 Å². The van der Waals surface area contributed by atoms with Crippen LogP contribution in [0.4, 0.5) is 0 Å². The number of carbonyl (C=O) groups is 1.